The van der Waals surface area contributed by atoms with E-state index in [-0.39, 0.29) is 0 Å². The summed E-state index contributed by atoms with van der Waals surface area (Å²) >= 11 is 0. The van der Waals surface area contributed by atoms with Crippen molar-refractivity contribution < 1.29 is 0 Å². The Kier molecular flexibility index (Phi) is 4.79. The maximum atomic E-state index is 5.43. The van der Waals surface area contributed by atoms with Crippen LogP contribution >= 0.6 is 0 Å². The highest BCUT2D eigenvalue weighted by molar-refractivity contribution is 5.79. The molecule has 0 aliphatic rings. The molecule has 0 heterocycles. The third-order valence-electron chi connectivity index (χ3n) is 2.47. The predicted octanol–water partition coefficient (Wildman–Crippen LogP) is 1.27. The van der Waals surface area contributed by atoms with Gasteiger partial charge in [-0.25, -0.2) is 5.84 Å². The summed E-state index contributed by atoms with van der Waals surface area (Å²) in [4.78, 5) is 6.28. The first-order valence-corrected chi connectivity index (χ1v) is 5.45. The first-order chi connectivity index (χ1) is 7.69. The molecule has 88 valence electrons. The number of benzene rings is 1. The topological polar surface area (TPSA) is 53.6 Å². The molecule has 3 N–H and O–H groups in total. The Bertz CT molecular complexity index is 360. The maximum Gasteiger partial charge on any atom is 0.208 e. The lowest BCUT2D eigenvalue weighted by atomic mass is 10.1. The highest BCUT2D eigenvalue weighted by Gasteiger charge is 2.06. The van der Waals surface area contributed by atoms with Gasteiger partial charge in [-0.15, -0.1) is 0 Å². The molecule has 0 radical (unpaired) electrons. The van der Waals surface area contributed by atoms with Gasteiger partial charge in [0.1, 0.15) is 0 Å². The van der Waals surface area contributed by atoms with Crippen molar-refractivity contribution in [3.8, 4) is 0 Å². The lowest BCUT2D eigenvalue weighted by molar-refractivity contribution is 0.476. The van der Waals surface area contributed by atoms with E-state index >= 15 is 0 Å². The number of guanidine groups is 1. The Hall–Kier alpha value is -1.55. The second-order valence-electron chi connectivity index (χ2n) is 3.72. The summed E-state index contributed by atoms with van der Waals surface area (Å²) in [5.41, 5.74) is 5.18. The van der Waals surface area contributed by atoms with E-state index in [1.165, 1.54) is 11.1 Å². The van der Waals surface area contributed by atoms with Gasteiger partial charge < -0.3 is 4.90 Å². The van der Waals surface area contributed by atoms with Gasteiger partial charge >= 0.3 is 0 Å². The van der Waals surface area contributed by atoms with Crippen LogP contribution in [0.15, 0.2) is 29.3 Å². The van der Waals surface area contributed by atoms with Crippen LogP contribution in [0.1, 0.15) is 18.1 Å². The minimum atomic E-state index is 0.714. The maximum absolute atomic E-state index is 5.43. The van der Waals surface area contributed by atoms with Crippen LogP contribution < -0.4 is 11.3 Å². The van der Waals surface area contributed by atoms with Crippen LogP contribution in [0, 0.1) is 6.92 Å². The predicted molar refractivity (Wildman–Crippen MR) is 67.9 cm³/mol. The minimum absolute atomic E-state index is 0.714. The van der Waals surface area contributed by atoms with Gasteiger partial charge in [0.25, 0.3) is 0 Å². The van der Waals surface area contributed by atoms with Crippen molar-refractivity contribution >= 4 is 5.96 Å². The molecule has 0 spiro atoms. The van der Waals surface area contributed by atoms with E-state index in [1.54, 1.807) is 0 Å². The summed E-state index contributed by atoms with van der Waals surface area (Å²) in [6, 6.07) is 8.31. The molecule has 0 fully saturated rings. The number of hydrazine groups is 1. The molecule has 1 rings (SSSR count). The van der Waals surface area contributed by atoms with Crippen molar-refractivity contribution in [2.45, 2.75) is 20.4 Å². The average molecular weight is 220 g/mol. The van der Waals surface area contributed by atoms with E-state index in [0.29, 0.717) is 5.96 Å². The molecule has 0 amide bonds. The molecule has 0 aliphatic carbocycles. The summed E-state index contributed by atoms with van der Waals surface area (Å²) < 4.78 is 0. The Morgan fingerprint density at radius 2 is 2.12 bits per heavy atom. The monoisotopic (exact) mass is 220 g/mol. The third-order valence-corrected chi connectivity index (χ3v) is 2.47. The fourth-order valence-electron chi connectivity index (χ4n) is 1.54. The zero-order valence-corrected chi connectivity index (χ0v) is 10.2. The van der Waals surface area contributed by atoms with Crippen molar-refractivity contribution in [1.82, 2.24) is 10.3 Å². The summed E-state index contributed by atoms with van der Waals surface area (Å²) in [6.45, 7) is 5.61. The molecule has 16 heavy (non-hydrogen) atoms. The Morgan fingerprint density at radius 1 is 1.44 bits per heavy atom. The van der Waals surface area contributed by atoms with Gasteiger partial charge in [0, 0.05) is 20.1 Å². The van der Waals surface area contributed by atoms with Gasteiger partial charge in [0.15, 0.2) is 0 Å². The molecule has 0 bridgehead atoms. The highest BCUT2D eigenvalue weighted by Crippen LogP contribution is 2.09. The SMILES string of the molecule is CCN=C(NN)N(C)Cc1ccccc1C. The lowest BCUT2D eigenvalue weighted by Gasteiger charge is -2.21. The van der Waals surface area contributed by atoms with Crippen LogP contribution in [0.25, 0.3) is 0 Å². The minimum Gasteiger partial charge on any atom is -0.341 e. The number of aliphatic imine (C=N–C) groups is 1. The number of nitrogens with one attached hydrogen (secondary N) is 1. The number of nitrogens with zero attached hydrogens (tertiary/aromatic N) is 2. The average Bonchev–Trinajstić information content (AvgIpc) is 2.29. The van der Waals surface area contributed by atoms with Gasteiger partial charge in [0.2, 0.25) is 5.96 Å². The van der Waals surface area contributed by atoms with Gasteiger partial charge in [-0.1, -0.05) is 24.3 Å². The second kappa shape index (κ2) is 6.12. The molecular weight excluding hydrogens is 200 g/mol. The zero-order chi connectivity index (χ0) is 12.0. The van der Waals surface area contributed by atoms with Gasteiger partial charge in [-0.3, -0.25) is 10.4 Å². The van der Waals surface area contributed by atoms with Gasteiger partial charge in [-0.2, -0.15) is 0 Å². The second-order valence-corrected chi connectivity index (χ2v) is 3.72. The van der Waals surface area contributed by atoms with Crippen molar-refractivity contribution in [3.63, 3.8) is 0 Å². The first-order valence-electron chi connectivity index (χ1n) is 5.45. The molecule has 0 atom stereocenters. The van der Waals surface area contributed by atoms with E-state index in [4.69, 9.17) is 5.84 Å². The molecule has 0 aliphatic heterocycles. The molecular formula is C12H20N4. The quantitative estimate of drug-likeness (QED) is 0.349. The van der Waals surface area contributed by atoms with Gasteiger partial charge in [-0.05, 0) is 25.0 Å². The largest absolute Gasteiger partial charge is 0.341 e. The van der Waals surface area contributed by atoms with Crippen molar-refractivity contribution in [1.29, 1.82) is 0 Å². The summed E-state index contributed by atoms with van der Waals surface area (Å²) in [5, 5.41) is 0. The summed E-state index contributed by atoms with van der Waals surface area (Å²) in [5.74, 6) is 6.14. The number of aryl methyl sites for hydroxylation is 1. The van der Waals surface area contributed by atoms with Crippen LogP contribution in [0.2, 0.25) is 0 Å². The Morgan fingerprint density at radius 3 is 2.69 bits per heavy atom. The van der Waals surface area contributed by atoms with E-state index in [0.717, 1.165) is 13.1 Å². The fourth-order valence-corrected chi connectivity index (χ4v) is 1.54. The molecule has 4 heteroatoms. The van der Waals surface area contributed by atoms with Crippen LogP contribution in [0.4, 0.5) is 0 Å². The van der Waals surface area contributed by atoms with E-state index < -0.39 is 0 Å². The van der Waals surface area contributed by atoms with E-state index in [2.05, 4.69) is 29.5 Å². The van der Waals surface area contributed by atoms with Crippen molar-refractivity contribution in [2.24, 2.45) is 10.8 Å². The summed E-state index contributed by atoms with van der Waals surface area (Å²) in [6.07, 6.45) is 0. The molecule has 0 aromatic heterocycles. The summed E-state index contributed by atoms with van der Waals surface area (Å²) in [7, 11) is 1.97. The smallest absolute Gasteiger partial charge is 0.208 e. The first kappa shape index (κ1) is 12.5. The number of hydrogen-bond donors (Lipinski definition) is 2. The Balaban J connectivity index is 2.74. The number of nitrogens with two attached hydrogens (primary N) is 1. The molecule has 1 aromatic carbocycles. The highest BCUT2D eigenvalue weighted by atomic mass is 15.4. The molecule has 0 unspecified atom stereocenters. The standard InChI is InChI=1S/C12H20N4/c1-4-14-12(15-13)16(3)9-11-8-6-5-7-10(11)2/h5-8H,4,9,13H2,1-3H3,(H,14,15). The number of hydrogen-bond acceptors (Lipinski definition) is 2. The lowest BCUT2D eigenvalue weighted by Crippen LogP contribution is -2.42. The molecule has 4 nitrogen and oxygen atoms in total. The third kappa shape index (κ3) is 3.24. The van der Waals surface area contributed by atoms with Crippen LogP contribution in [0.3, 0.4) is 0 Å². The van der Waals surface area contributed by atoms with E-state index in [1.807, 2.05) is 31.0 Å². The van der Waals surface area contributed by atoms with Gasteiger partial charge in [0.05, 0.1) is 0 Å². The van der Waals surface area contributed by atoms with Crippen LogP contribution in [-0.4, -0.2) is 24.5 Å². The zero-order valence-electron chi connectivity index (χ0n) is 10.2. The Labute approximate surface area is 97.1 Å². The molecule has 0 saturated heterocycles. The van der Waals surface area contributed by atoms with E-state index in [9.17, 15) is 0 Å². The number of rotatable bonds is 3. The van der Waals surface area contributed by atoms with Crippen molar-refractivity contribution in [2.75, 3.05) is 13.6 Å². The normalized spacial score (nSPS) is 11.4. The fraction of sp³-hybridized carbons (Fsp3) is 0.417. The molecule has 1 aromatic rings. The molecule has 0 saturated carbocycles. The van der Waals surface area contributed by atoms with Crippen LogP contribution in [-0.2, 0) is 6.54 Å². The van der Waals surface area contributed by atoms with Crippen LogP contribution in [0.5, 0.6) is 0 Å². The van der Waals surface area contributed by atoms with Crippen molar-refractivity contribution in [3.05, 3.63) is 35.4 Å².